The summed E-state index contributed by atoms with van der Waals surface area (Å²) < 4.78 is 20.5. The van der Waals surface area contributed by atoms with Crippen molar-refractivity contribution in [3.63, 3.8) is 0 Å². The van der Waals surface area contributed by atoms with Gasteiger partial charge in [0.25, 0.3) is 5.91 Å². The summed E-state index contributed by atoms with van der Waals surface area (Å²) in [6.45, 7) is 2.99. The summed E-state index contributed by atoms with van der Waals surface area (Å²) in [5, 5.41) is 8.25. The van der Waals surface area contributed by atoms with E-state index in [1.54, 1.807) is 36.3 Å². The third-order valence-electron chi connectivity index (χ3n) is 6.31. The van der Waals surface area contributed by atoms with E-state index in [0.29, 0.717) is 35.9 Å². The zero-order chi connectivity index (χ0) is 20.9. The molecule has 156 valence electrons. The van der Waals surface area contributed by atoms with Crippen LogP contribution < -0.4 is 0 Å². The lowest BCUT2D eigenvalue weighted by Gasteiger charge is -2.27. The van der Waals surface area contributed by atoms with E-state index in [1.165, 1.54) is 12.1 Å². The molecule has 0 aliphatic carbocycles. The number of aryl methyl sites for hydroxylation is 1. The molecule has 9 heteroatoms. The van der Waals surface area contributed by atoms with Gasteiger partial charge in [0.2, 0.25) is 11.7 Å². The first-order valence-corrected chi connectivity index (χ1v) is 9.99. The number of aromatic nitrogens is 4. The van der Waals surface area contributed by atoms with Crippen LogP contribution in [0.25, 0.3) is 11.4 Å². The fraction of sp³-hybridized carbons (Fsp3) is 0.429. The zero-order valence-corrected chi connectivity index (χ0v) is 17.0. The van der Waals surface area contributed by atoms with Gasteiger partial charge < -0.3 is 14.3 Å². The van der Waals surface area contributed by atoms with Gasteiger partial charge in [-0.15, -0.1) is 0 Å². The predicted molar refractivity (Wildman–Crippen MR) is 106 cm³/mol. The Bertz CT molecular complexity index is 1080. The summed E-state index contributed by atoms with van der Waals surface area (Å²) in [4.78, 5) is 21.9. The van der Waals surface area contributed by atoms with Crippen LogP contribution in [0.2, 0.25) is 0 Å². The normalized spacial score (nSPS) is 24.2. The second-order valence-corrected chi connectivity index (χ2v) is 8.45. The number of benzene rings is 1. The molecule has 0 radical (unpaired) electrons. The minimum Gasteiger partial charge on any atom is -0.339 e. The number of rotatable bonds is 3. The van der Waals surface area contributed by atoms with Gasteiger partial charge in [-0.3, -0.25) is 9.48 Å². The molecule has 5 rings (SSSR count). The summed E-state index contributed by atoms with van der Waals surface area (Å²) >= 11 is 0. The average Bonchev–Trinajstić information content (AvgIpc) is 3.50. The molecule has 30 heavy (non-hydrogen) atoms. The lowest BCUT2D eigenvalue weighted by atomic mass is 9.77. The molecule has 1 aromatic carbocycles. The van der Waals surface area contributed by atoms with Crippen molar-refractivity contribution in [2.24, 2.45) is 12.5 Å². The van der Waals surface area contributed by atoms with E-state index < -0.39 is 0 Å². The number of carbonyl (C=O) groups excluding carboxylic acids is 1. The van der Waals surface area contributed by atoms with Crippen molar-refractivity contribution in [3.05, 3.63) is 53.9 Å². The number of hydrogen-bond acceptors (Lipinski definition) is 6. The van der Waals surface area contributed by atoms with Crippen molar-refractivity contribution >= 4 is 5.91 Å². The largest absolute Gasteiger partial charge is 0.339 e. The molecule has 2 aliphatic rings. The Balaban J connectivity index is 1.45. The minimum absolute atomic E-state index is 0.0298. The maximum Gasteiger partial charge on any atom is 0.257 e. The molecule has 4 heterocycles. The lowest BCUT2D eigenvalue weighted by molar-refractivity contribution is 0.0773. The van der Waals surface area contributed by atoms with Gasteiger partial charge >= 0.3 is 0 Å². The standard InChI is InChI=1S/C21H23FN6O2/c1-26-8-7-21(12-26)13-28(20(29)15-9-23-27(2)10-15)11-17(21)19-24-18(25-30-19)14-3-5-16(22)6-4-14/h3-6,9-10,17H,7-8,11-13H2,1-2H3/t17-,21-/m0/s1. The Labute approximate surface area is 173 Å². The third kappa shape index (κ3) is 3.19. The molecule has 3 aromatic rings. The van der Waals surface area contributed by atoms with Crippen LogP contribution in [-0.2, 0) is 7.05 Å². The predicted octanol–water partition coefficient (Wildman–Crippen LogP) is 2.17. The number of hydrogen-bond donors (Lipinski definition) is 0. The van der Waals surface area contributed by atoms with Crippen molar-refractivity contribution in [2.45, 2.75) is 12.3 Å². The summed E-state index contributed by atoms with van der Waals surface area (Å²) in [5.41, 5.74) is 1.15. The highest BCUT2D eigenvalue weighted by atomic mass is 19.1. The van der Waals surface area contributed by atoms with Crippen LogP contribution in [-0.4, -0.2) is 68.9 Å². The molecule has 2 saturated heterocycles. The summed E-state index contributed by atoms with van der Waals surface area (Å²) in [6.07, 6.45) is 4.30. The smallest absolute Gasteiger partial charge is 0.257 e. The number of likely N-dealkylation sites (tertiary alicyclic amines) is 2. The van der Waals surface area contributed by atoms with Crippen molar-refractivity contribution < 1.29 is 13.7 Å². The Kier molecular flexibility index (Phi) is 4.43. The fourth-order valence-electron chi connectivity index (χ4n) is 4.79. The zero-order valence-electron chi connectivity index (χ0n) is 17.0. The minimum atomic E-state index is -0.309. The molecular weight excluding hydrogens is 387 g/mol. The van der Waals surface area contributed by atoms with Crippen LogP contribution in [0, 0.1) is 11.2 Å². The highest BCUT2D eigenvalue weighted by Gasteiger charge is 2.53. The first-order chi connectivity index (χ1) is 14.4. The topological polar surface area (TPSA) is 80.3 Å². The van der Waals surface area contributed by atoms with Gasteiger partial charge in [0, 0.05) is 43.9 Å². The second kappa shape index (κ2) is 7.02. The molecular formula is C21H23FN6O2. The van der Waals surface area contributed by atoms with E-state index in [9.17, 15) is 9.18 Å². The molecule has 2 aliphatic heterocycles. The molecule has 1 amide bonds. The Hall–Kier alpha value is -3.07. The van der Waals surface area contributed by atoms with Gasteiger partial charge in [-0.1, -0.05) is 5.16 Å². The summed E-state index contributed by atoms with van der Waals surface area (Å²) in [7, 11) is 3.89. The first kappa shape index (κ1) is 18.9. The number of carbonyl (C=O) groups is 1. The third-order valence-corrected chi connectivity index (χ3v) is 6.31. The van der Waals surface area contributed by atoms with Gasteiger partial charge in [0.05, 0.1) is 17.7 Å². The van der Waals surface area contributed by atoms with Crippen LogP contribution in [0.3, 0.4) is 0 Å². The quantitative estimate of drug-likeness (QED) is 0.658. The molecule has 0 bridgehead atoms. The number of amides is 1. The SMILES string of the molecule is CN1CC[C@]2(C1)CN(C(=O)c1cnn(C)c1)C[C@H]2c1nc(-c2ccc(F)cc2)no1. The summed E-state index contributed by atoms with van der Waals surface area (Å²) in [5.74, 6) is 0.577. The molecule has 8 nitrogen and oxygen atoms in total. The molecule has 0 N–H and O–H groups in total. The van der Waals surface area contributed by atoms with E-state index in [4.69, 9.17) is 4.52 Å². The van der Waals surface area contributed by atoms with E-state index in [-0.39, 0.29) is 23.1 Å². The Morgan fingerprint density at radius 1 is 1.23 bits per heavy atom. The van der Waals surface area contributed by atoms with Crippen LogP contribution in [0.15, 0.2) is 41.2 Å². The van der Waals surface area contributed by atoms with Crippen molar-refractivity contribution in [2.75, 3.05) is 33.2 Å². The van der Waals surface area contributed by atoms with Crippen LogP contribution >= 0.6 is 0 Å². The molecule has 2 fully saturated rings. The van der Waals surface area contributed by atoms with Crippen molar-refractivity contribution in [1.82, 2.24) is 29.7 Å². The molecule has 0 unspecified atom stereocenters. The van der Waals surface area contributed by atoms with E-state index >= 15 is 0 Å². The monoisotopic (exact) mass is 410 g/mol. The van der Waals surface area contributed by atoms with Gasteiger partial charge in [-0.2, -0.15) is 10.1 Å². The Morgan fingerprint density at radius 2 is 2.03 bits per heavy atom. The second-order valence-electron chi connectivity index (χ2n) is 8.45. The highest BCUT2D eigenvalue weighted by molar-refractivity contribution is 5.94. The first-order valence-electron chi connectivity index (χ1n) is 9.99. The average molecular weight is 410 g/mol. The highest BCUT2D eigenvalue weighted by Crippen LogP contribution is 2.48. The number of halogens is 1. The lowest BCUT2D eigenvalue weighted by Crippen LogP contribution is -2.34. The van der Waals surface area contributed by atoms with Crippen LogP contribution in [0.1, 0.15) is 28.6 Å². The Morgan fingerprint density at radius 3 is 2.70 bits per heavy atom. The van der Waals surface area contributed by atoms with Crippen molar-refractivity contribution in [3.8, 4) is 11.4 Å². The molecule has 0 saturated carbocycles. The van der Waals surface area contributed by atoms with Gasteiger partial charge in [-0.05, 0) is 44.3 Å². The van der Waals surface area contributed by atoms with Gasteiger partial charge in [0.1, 0.15) is 5.82 Å². The van der Waals surface area contributed by atoms with E-state index in [1.807, 2.05) is 4.90 Å². The van der Waals surface area contributed by atoms with Crippen LogP contribution in [0.5, 0.6) is 0 Å². The van der Waals surface area contributed by atoms with E-state index in [2.05, 4.69) is 27.2 Å². The molecule has 1 spiro atoms. The molecule has 2 atom stereocenters. The number of nitrogens with zero attached hydrogens (tertiary/aromatic N) is 6. The van der Waals surface area contributed by atoms with Gasteiger partial charge in [-0.25, -0.2) is 4.39 Å². The van der Waals surface area contributed by atoms with E-state index in [0.717, 1.165) is 19.5 Å². The maximum atomic E-state index is 13.2. The van der Waals surface area contributed by atoms with Gasteiger partial charge in [0.15, 0.2) is 0 Å². The van der Waals surface area contributed by atoms with Crippen LogP contribution in [0.4, 0.5) is 4.39 Å². The molecule has 2 aromatic heterocycles. The van der Waals surface area contributed by atoms with Crippen molar-refractivity contribution in [1.29, 1.82) is 0 Å². The summed E-state index contributed by atoms with van der Waals surface area (Å²) in [6, 6.07) is 6.03. The maximum absolute atomic E-state index is 13.2. The fourth-order valence-corrected chi connectivity index (χ4v) is 4.79.